The van der Waals surface area contributed by atoms with Crippen LogP contribution in [0.15, 0.2) is 42.5 Å². The molecule has 0 aliphatic carbocycles. The molecule has 0 amide bonds. The Morgan fingerprint density at radius 3 is 2.42 bits per heavy atom. The SMILES string of the molecule is Fc1cccc(Cl)c1CNc1ccc(CCCl)cc1. The van der Waals surface area contributed by atoms with E-state index >= 15 is 0 Å². The molecule has 0 atom stereocenters. The van der Waals surface area contributed by atoms with Gasteiger partial charge in [0.2, 0.25) is 0 Å². The highest BCUT2D eigenvalue weighted by molar-refractivity contribution is 6.31. The van der Waals surface area contributed by atoms with Crippen molar-refractivity contribution in [1.82, 2.24) is 0 Å². The molecule has 2 rings (SSSR count). The number of halogens is 3. The van der Waals surface area contributed by atoms with Gasteiger partial charge in [0, 0.05) is 28.7 Å². The van der Waals surface area contributed by atoms with Gasteiger partial charge in [0.25, 0.3) is 0 Å². The van der Waals surface area contributed by atoms with Crippen LogP contribution in [-0.4, -0.2) is 5.88 Å². The molecule has 2 aromatic carbocycles. The van der Waals surface area contributed by atoms with Crippen LogP contribution in [0.1, 0.15) is 11.1 Å². The van der Waals surface area contributed by atoms with Crippen molar-refractivity contribution < 1.29 is 4.39 Å². The number of hydrogen-bond donors (Lipinski definition) is 1. The Kier molecular flexibility index (Phi) is 5.06. The Morgan fingerprint density at radius 1 is 1.05 bits per heavy atom. The number of nitrogens with one attached hydrogen (secondary N) is 1. The van der Waals surface area contributed by atoms with Gasteiger partial charge in [-0.1, -0.05) is 29.8 Å². The summed E-state index contributed by atoms with van der Waals surface area (Å²) in [5.41, 5.74) is 2.59. The Labute approximate surface area is 122 Å². The molecule has 0 aromatic heterocycles. The zero-order chi connectivity index (χ0) is 13.7. The first-order chi connectivity index (χ1) is 9.20. The summed E-state index contributed by atoms with van der Waals surface area (Å²) < 4.78 is 13.6. The van der Waals surface area contributed by atoms with Crippen LogP contribution in [0.2, 0.25) is 5.02 Å². The van der Waals surface area contributed by atoms with Gasteiger partial charge >= 0.3 is 0 Å². The summed E-state index contributed by atoms with van der Waals surface area (Å²) in [7, 11) is 0. The molecule has 0 saturated heterocycles. The quantitative estimate of drug-likeness (QED) is 0.776. The van der Waals surface area contributed by atoms with Crippen molar-refractivity contribution in [3.63, 3.8) is 0 Å². The smallest absolute Gasteiger partial charge is 0.129 e. The van der Waals surface area contributed by atoms with Crippen LogP contribution in [0.4, 0.5) is 10.1 Å². The largest absolute Gasteiger partial charge is 0.381 e. The first kappa shape index (κ1) is 14.2. The third-order valence-electron chi connectivity index (χ3n) is 2.87. The lowest BCUT2D eigenvalue weighted by Gasteiger charge is -2.09. The van der Waals surface area contributed by atoms with E-state index < -0.39 is 0 Å². The number of benzene rings is 2. The molecular weight excluding hydrogens is 284 g/mol. The van der Waals surface area contributed by atoms with E-state index in [4.69, 9.17) is 23.2 Å². The van der Waals surface area contributed by atoms with Crippen LogP contribution in [0.25, 0.3) is 0 Å². The minimum Gasteiger partial charge on any atom is -0.381 e. The van der Waals surface area contributed by atoms with Gasteiger partial charge in [-0.15, -0.1) is 11.6 Å². The van der Waals surface area contributed by atoms with Crippen molar-refractivity contribution in [3.05, 3.63) is 64.4 Å². The lowest BCUT2D eigenvalue weighted by molar-refractivity contribution is 0.613. The standard InChI is InChI=1S/C15H14Cl2FN/c16-9-8-11-4-6-12(7-5-11)19-10-13-14(17)2-1-3-15(13)18/h1-7,19H,8-10H2. The maximum atomic E-state index is 13.6. The van der Waals surface area contributed by atoms with Gasteiger partial charge in [-0.25, -0.2) is 4.39 Å². The average molecular weight is 298 g/mol. The van der Waals surface area contributed by atoms with Gasteiger partial charge in [-0.05, 0) is 36.2 Å². The predicted octanol–water partition coefficient (Wildman–Crippen LogP) is 4.87. The molecule has 0 bridgehead atoms. The molecule has 0 aliphatic heterocycles. The molecule has 0 saturated carbocycles. The van der Waals surface area contributed by atoms with Crippen LogP contribution >= 0.6 is 23.2 Å². The van der Waals surface area contributed by atoms with Crippen molar-refractivity contribution in [2.45, 2.75) is 13.0 Å². The molecule has 19 heavy (non-hydrogen) atoms. The number of hydrogen-bond acceptors (Lipinski definition) is 1. The maximum Gasteiger partial charge on any atom is 0.129 e. The average Bonchev–Trinajstić information content (AvgIpc) is 2.40. The third kappa shape index (κ3) is 3.85. The highest BCUT2D eigenvalue weighted by atomic mass is 35.5. The molecule has 0 unspecified atom stereocenters. The molecule has 4 heteroatoms. The van der Waals surface area contributed by atoms with Gasteiger partial charge in [0.05, 0.1) is 0 Å². The topological polar surface area (TPSA) is 12.0 Å². The summed E-state index contributed by atoms with van der Waals surface area (Å²) in [6.45, 7) is 0.361. The van der Waals surface area contributed by atoms with Crippen LogP contribution in [-0.2, 0) is 13.0 Å². The number of alkyl halides is 1. The molecule has 0 fully saturated rings. The summed E-state index contributed by atoms with van der Waals surface area (Å²) in [4.78, 5) is 0. The molecule has 1 N–H and O–H groups in total. The monoisotopic (exact) mass is 297 g/mol. The fraction of sp³-hybridized carbons (Fsp3) is 0.200. The molecule has 0 heterocycles. The van der Waals surface area contributed by atoms with Gasteiger partial charge in [-0.3, -0.25) is 0 Å². The molecule has 0 spiro atoms. The van der Waals surface area contributed by atoms with E-state index in [1.54, 1.807) is 12.1 Å². The number of anilines is 1. The molecular formula is C15H14Cl2FN. The zero-order valence-corrected chi connectivity index (χ0v) is 11.8. The van der Waals surface area contributed by atoms with Crippen LogP contribution in [0.3, 0.4) is 0 Å². The van der Waals surface area contributed by atoms with E-state index in [0.717, 1.165) is 12.1 Å². The summed E-state index contributed by atoms with van der Waals surface area (Å²) >= 11 is 11.6. The van der Waals surface area contributed by atoms with Gasteiger partial charge in [0.15, 0.2) is 0 Å². The van der Waals surface area contributed by atoms with Gasteiger partial charge in [0.1, 0.15) is 5.82 Å². The molecule has 0 aliphatic rings. The number of aryl methyl sites for hydroxylation is 1. The normalized spacial score (nSPS) is 10.5. The van der Waals surface area contributed by atoms with Crippen LogP contribution in [0.5, 0.6) is 0 Å². The lowest BCUT2D eigenvalue weighted by atomic mass is 10.1. The lowest BCUT2D eigenvalue weighted by Crippen LogP contribution is -2.02. The van der Waals surface area contributed by atoms with Crippen molar-refractivity contribution in [1.29, 1.82) is 0 Å². The van der Waals surface area contributed by atoms with E-state index in [1.807, 2.05) is 24.3 Å². The van der Waals surface area contributed by atoms with Gasteiger partial charge in [-0.2, -0.15) is 0 Å². The minimum absolute atomic E-state index is 0.293. The van der Waals surface area contributed by atoms with Crippen LogP contribution in [0, 0.1) is 5.82 Å². The fourth-order valence-electron chi connectivity index (χ4n) is 1.79. The molecule has 2 aromatic rings. The van der Waals surface area contributed by atoms with Crippen molar-refractivity contribution in [2.75, 3.05) is 11.2 Å². The molecule has 0 radical (unpaired) electrons. The third-order valence-corrected chi connectivity index (χ3v) is 3.41. The summed E-state index contributed by atoms with van der Waals surface area (Å²) in [6, 6.07) is 12.6. The predicted molar refractivity (Wildman–Crippen MR) is 79.6 cm³/mol. The van der Waals surface area contributed by atoms with E-state index in [0.29, 0.717) is 23.0 Å². The maximum absolute atomic E-state index is 13.6. The summed E-state index contributed by atoms with van der Waals surface area (Å²) in [6.07, 6.45) is 0.848. The Morgan fingerprint density at radius 2 is 1.79 bits per heavy atom. The second kappa shape index (κ2) is 6.78. The first-order valence-corrected chi connectivity index (χ1v) is 6.93. The zero-order valence-electron chi connectivity index (χ0n) is 10.3. The highest BCUT2D eigenvalue weighted by Gasteiger charge is 2.06. The minimum atomic E-state index is -0.293. The summed E-state index contributed by atoms with van der Waals surface area (Å²) in [5, 5.41) is 3.59. The van der Waals surface area contributed by atoms with E-state index in [2.05, 4.69) is 5.32 Å². The first-order valence-electron chi connectivity index (χ1n) is 6.02. The second-order valence-corrected chi connectivity index (χ2v) is 4.97. The Bertz CT molecular complexity index is 520. The second-order valence-electron chi connectivity index (χ2n) is 4.19. The van der Waals surface area contributed by atoms with Crippen molar-refractivity contribution in [2.24, 2.45) is 0 Å². The molecule has 1 nitrogen and oxygen atoms in total. The van der Waals surface area contributed by atoms with E-state index in [1.165, 1.54) is 11.6 Å². The summed E-state index contributed by atoms with van der Waals surface area (Å²) in [5.74, 6) is 0.316. The number of rotatable bonds is 5. The van der Waals surface area contributed by atoms with Crippen molar-refractivity contribution in [3.8, 4) is 0 Å². The van der Waals surface area contributed by atoms with Crippen LogP contribution < -0.4 is 5.32 Å². The van der Waals surface area contributed by atoms with Crippen molar-refractivity contribution >= 4 is 28.9 Å². The highest BCUT2D eigenvalue weighted by Crippen LogP contribution is 2.20. The Hall–Kier alpha value is -1.25. The van der Waals surface area contributed by atoms with E-state index in [9.17, 15) is 4.39 Å². The van der Waals surface area contributed by atoms with Gasteiger partial charge < -0.3 is 5.32 Å². The fourth-order valence-corrected chi connectivity index (χ4v) is 2.24. The van der Waals surface area contributed by atoms with E-state index in [-0.39, 0.29) is 5.82 Å². The molecule has 100 valence electrons. The Balaban J connectivity index is 2.02.